The van der Waals surface area contributed by atoms with Gasteiger partial charge in [0, 0.05) is 18.9 Å². The van der Waals surface area contributed by atoms with Crippen molar-refractivity contribution >= 4 is 20.1 Å². The van der Waals surface area contributed by atoms with E-state index in [1.54, 1.807) is 30.3 Å². The van der Waals surface area contributed by atoms with Gasteiger partial charge in [0.25, 0.3) is 0 Å². The van der Waals surface area contributed by atoms with E-state index in [0.29, 0.717) is 18.8 Å². The minimum Gasteiger partial charge on any atom is -0.454 e. The predicted molar refractivity (Wildman–Crippen MR) is 154 cm³/mol. The largest absolute Gasteiger partial charge is 0.454 e. The molecule has 0 saturated carbocycles. The van der Waals surface area contributed by atoms with Crippen molar-refractivity contribution in [1.29, 1.82) is 0 Å². The number of ether oxygens (including phenoxy) is 2. The molecule has 0 radical (unpaired) electrons. The molecule has 0 aromatic heterocycles. The first-order valence-electron chi connectivity index (χ1n) is 13.6. The fourth-order valence-corrected chi connectivity index (χ4v) is 5.27. The zero-order valence-electron chi connectivity index (χ0n) is 23.9. The molecule has 38 heavy (non-hydrogen) atoms. The van der Waals surface area contributed by atoms with Crippen molar-refractivity contribution in [3.63, 3.8) is 0 Å². The summed E-state index contributed by atoms with van der Waals surface area (Å²) in [5.41, 5.74) is 1.55. The zero-order valence-corrected chi connectivity index (χ0v) is 24.9. The molecule has 0 fully saturated rings. The number of rotatable bonds is 16. The molecule has 2 aromatic carbocycles. The smallest absolute Gasteiger partial charge is 0.338 e. The van der Waals surface area contributed by atoms with E-state index in [0.717, 1.165) is 24.8 Å². The fraction of sp³-hybridized carbons (Fsp3) is 0.548. The van der Waals surface area contributed by atoms with E-state index >= 15 is 0 Å². The Morgan fingerprint density at radius 3 is 2.16 bits per heavy atom. The number of hydrogen-bond donors (Lipinski definition) is 1. The van der Waals surface area contributed by atoms with Crippen LogP contribution >= 0.6 is 0 Å². The van der Waals surface area contributed by atoms with Crippen LogP contribution in [0.1, 0.15) is 69.3 Å². The van der Waals surface area contributed by atoms with Gasteiger partial charge in [-0.05, 0) is 55.1 Å². The molecule has 3 atom stereocenters. The lowest BCUT2D eigenvalue weighted by Crippen LogP contribution is -2.47. The van der Waals surface area contributed by atoms with Gasteiger partial charge >= 0.3 is 5.97 Å². The Kier molecular flexibility index (Phi) is 12.9. The Labute approximate surface area is 229 Å². The van der Waals surface area contributed by atoms with Gasteiger partial charge in [-0.15, -0.1) is 0 Å². The summed E-state index contributed by atoms with van der Waals surface area (Å²) in [6.45, 7) is 13.8. The molecule has 0 amide bonds. The molecular formula is C31H46O6Si. The van der Waals surface area contributed by atoms with Gasteiger partial charge in [-0.1, -0.05) is 76.2 Å². The molecule has 0 bridgehead atoms. The van der Waals surface area contributed by atoms with Crippen molar-refractivity contribution < 1.29 is 28.6 Å². The maximum Gasteiger partial charge on any atom is 0.338 e. The Morgan fingerprint density at radius 2 is 1.55 bits per heavy atom. The summed E-state index contributed by atoms with van der Waals surface area (Å²) in [6.07, 6.45) is 1.41. The molecule has 6 nitrogen and oxygen atoms in total. The summed E-state index contributed by atoms with van der Waals surface area (Å²) in [7, 11) is -2.10. The number of ketones is 1. The van der Waals surface area contributed by atoms with E-state index in [2.05, 4.69) is 46.0 Å². The highest BCUT2D eigenvalue weighted by molar-refractivity contribution is 6.74. The Bertz CT molecular complexity index is 971. The third-order valence-corrected chi connectivity index (χ3v) is 11.9. The zero-order chi connectivity index (χ0) is 28.2. The van der Waals surface area contributed by atoms with Crippen molar-refractivity contribution in [3.05, 3.63) is 71.8 Å². The maximum atomic E-state index is 12.5. The lowest BCUT2D eigenvalue weighted by molar-refractivity contribution is -0.125. The van der Waals surface area contributed by atoms with Crippen LogP contribution in [-0.4, -0.2) is 50.6 Å². The average molecular weight is 543 g/mol. The number of aliphatic hydroxyl groups excluding tert-OH is 1. The SMILES string of the molecule is C[C@H]([C@H](O)CC(=O)COC(=O)c1ccccc1)[C@@H](CCCCOCc1ccccc1)O[Si](C)(C)C(C)(C)C. The minimum absolute atomic E-state index is 0.0240. The van der Waals surface area contributed by atoms with E-state index in [4.69, 9.17) is 13.9 Å². The first-order chi connectivity index (χ1) is 17.9. The summed E-state index contributed by atoms with van der Waals surface area (Å²) in [5.74, 6) is -1.10. The van der Waals surface area contributed by atoms with E-state index < -0.39 is 20.4 Å². The molecule has 0 saturated heterocycles. The van der Waals surface area contributed by atoms with Crippen LogP contribution in [0, 0.1) is 5.92 Å². The van der Waals surface area contributed by atoms with Crippen LogP contribution in [0.2, 0.25) is 18.1 Å². The highest BCUT2D eigenvalue weighted by atomic mass is 28.4. The van der Waals surface area contributed by atoms with Crippen LogP contribution in [0.15, 0.2) is 60.7 Å². The monoisotopic (exact) mass is 542 g/mol. The molecule has 2 rings (SSSR count). The molecular weight excluding hydrogens is 496 g/mol. The first kappa shape index (κ1) is 31.9. The molecule has 1 N–H and O–H groups in total. The quantitative estimate of drug-likeness (QED) is 0.147. The van der Waals surface area contributed by atoms with Gasteiger partial charge in [-0.25, -0.2) is 4.79 Å². The number of esters is 1. The summed E-state index contributed by atoms with van der Waals surface area (Å²) in [6, 6.07) is 18.7. The van der Waals surface area contributed by atoms with E-state index in [1.807, 2.05) is 25.1 Å². The summed E-state index contributed by atoms with van der Waals surface area (Å²) < 4.78 is 17.7. The van der Waals surface area contributed by atoms with Crippen LogP contribution in [0.5, 0.6) is 0 Å². The van der Waals surface area contributed by atoms with E-state index in [1.165, 1.54) is 0 Å². The Morgan fingerprint density at radius 1 is 0.947 bits per heavy atom. The number of carbonyl (C=O) groups is 2. The molecule has 0 aliphatic carbocycles. The topological polar surface area (TPSA) is 82.1 Å². The number of benzene rings is 2. The highest BCUT2D eigenvalue weighted by Crippen LogP contribution is 2.39. The van der Waals surface area contributed by atoms with Gasteiger partial charge in [0.15, 0.2) is 14.1 Å². The second-order valence-electron chi connectivity index (χ2n) is 11.6. The lowest BCUT2D eigenvalue weighted by atomic mass is 9.91. The predicted octanol–water partition coefficient (Wildman–Crippen LogP) is 6.58. The molecule has 0 spiro atoms. The Hall–Kier alpha value is -2.32. The van der Waals surface area contributed by atoms with Crippen molar-refractivity contribution in [3.8, 4) is 0 Å². The third-order valence-electron chi connectivity index (χ3n) is 7.39. The highest BCUT2D eigenvalue weighted by Gasteiger charge is 2.41. The number of hydrogen-bond acceptors (Lipinski definition) is 6. The molecule has 2 aromatic rings. The molecule has 0 aliphatic heterocycles. The van der Waals surface area contributed by atoms with Crippen molar-refractivity contribution in [2.45, 2.75) is 90.3 Å². The van der Waals surface area contributed by atoms with E-state index in [9.17, 15) is 14.7 Å². The molecule has 7 heteroatoms. The van der Waals surface area contributed by atoms with Crippen LogP contribution in [0.4, 0.5) is 0 Å². The average Bonchev–Trinajstić information content (AvgIpc) is 2.88. The number of aliphatic hydroxyl groups is 1. The standard InChI is InChI=1S/C31H46O6Si/c1-24(28(33)21-27(32)23-36-30(34)26-17-11-8-12-18-26)29(37-38(5,6)31(2,3)4)19-13-14-20-35-22-25-15-9-7-10-16-25/h7-12,15-18,24,28-29,33H,13-14,19-23H2,1-6H3/t24-,28-,29-/m1/s1. The van der Waals surface area contributed by atoms with Gasteiger partial charge in [0.1, 0.15) is 6.61 Å². The first-order valence-corrected chi connectivity index (χ1v) is 16.5. The second kappa shape index (κ2) is 15.3. The summed E-state index contributed by atoms with van der Waals surface area (Å²) in [4.78, 5) is 24.7. The summed E-state index contributed by atoms with van der Waals surface area (Å²) >= 11 is 0. The van der Waals surface area contributed by atoms with Crippen LogP contribution in [0.25, 0.3) is 0 Å². The molecule has 0 heterocycles. The number of Topliss-reactive ketones (excluding diaryl/α,β-unsaturated/α-hetero) is 1. The summed E-state index contributed by atoms with van der Waals surface area (Å²) in [5, 5.41) is 11.0. The minimum atomic E-state index is -2.10. The van der Waals surface area contributed by atoms with Gasteiger partial charge in [-0.3, -0.25) is 4.79 Å². The van der Waals surface area contributed by atoms with Crippen LogP contribution in [0.3, 0.4) is 0 Å². The van der Waals surface area contributed by atoms with Crippen molar-refractivity contribution in [2.75, 3.05) is 13.2 Å². The number of carbonyl (C=O) groups excluding carboxylic acids is 2. The van der Waals surface area contributed by atoms with Crippen LogP contribution in [-0.2, 0) is 25.3 Å². The van der Waals surface area contributed by atoms with E-state index in [-0.39, 0.29) is 35.9 Å². The molecule has 0 aliphatic rings. The molecule has 0 unspecified atom stereocenters. The van der Waals surface area contributed by atoms with Gasteiger partial charge in [0.2, 0.25) is 0 Å². The van der Waals surface area contributed by atoms with Crippen molar-refractivity contribution in [1.82, 2.24) is 0 Å². The lowest BCUT2D eigenvalue weighted by Gasteiger charge is -2.41. The maximum absolute atomic E-state index is 12.5. The fourth-order valence-electron chi connectivity index (χ4n) is 3.83. The number of unbranched alkanes of at least 4 members (excludes halogenated alkanes) is 1. The Balaban J connectivity index is 1.88. The van der Waals surface area contributed by atoms with Gasteiger partial charge in [0.05, 0.1) is 24.4 Å². The second-order valence-corrected chi connectivity index (χ2v) is 16.3. The normalized spacial score (nSPS) is 14.5. The molecule has 210 valence electrons. The third kappa shape index (κ3) is 10.8. The van der Waals surface area contributed by atoms with Gasteiger partial charge in [-0.2, -0.15) is 0 Å². The van der Waals surface area contributed by atoms with Gasteiger partial charge < -0.3 is 19.0 Å². The van der Waals surface area contributed by atoms with Crippen molar-refractivity contribution in [2.24, 2.45) is 5.92 Å². The van der Waals surface area contributed by atoms with Crippen LogP contribution < -0.4 is 0 Å².